The van der Waals surface area contributed by atoms with E-state index < -0.39 is 5.60 Å². The second-order valence-corrected chi connectivity index (χ2v) is 10.0. The Bertz CT molecular complexity index is 667. The molecule has 0 bridgehead atoms. The standard InChI is InChI=1S/C23H35NO2/c1-15(24-16(2)25)18-10-11-19-20-9-8-17-7-5-6-12-22(17,4)23(20,26)14-13-21(18,19)3/h10,17,19-20,26H,1,5-9,11-14H2,2-4H3,(H,24,25)/t17?,19-,20-,21+,22-,23+/m0/s1. The quantitative estimate of drug-likeness (QED) is 0.751. The fourth-order valence-corrected chi connectivity index (χ4v) is 7.55. The normalized spacial score (nSPS) is 47.2. The molecule has 3 fully saturated rings. The van der Waals surface area contributed by atoms with Crippen LogP contribution in [0.25, 0.3) is 0 Å². The highest BCUT2D eigenvalue weighted by Crippen LogP contribution is 2.68. The smallest absolute Gasteiger partial charge is 0.221 e. The molecular formula is C23H35NO2. The Hall–Kier alpha value is -1.09. The van der Waals surface area contributed by atoms with E-state index in [1.165, 1.54) is 37.7 Å². The molecule has 3 nitrogen and oxygen atoms in total. The summed E-state index contributed by atoms with van der Waals surface area (Å²) in [6, 6.07) is 0. The van der Waals surface area contributed by atoms with E-state index in [9.17, 15) is 9.90 Å². The van der Waals surface area contributed by atoms with Crippen LogP contribution in [0.1, 0.15) is 78.6 Å². The first kappa shape index (κ1) is 18.3. The van der Waals surface area contributed by atoms with E-state index >= 15 is 0 Å². The molecule has 0 radical (unpaired) electrons. The van der Waals surface area contributed by atoms with E-state index in [2.05, 4.69) is 31.8 Å². The number of carbonyl (C=O) groups excluding carboxylic acids is 1. The highest BCUT2D eigenvalue weighted by atomic mass is 16.3. The first-order valence-electron chi connectivity index (χ1n) is 10.6. The van der Waals surface area contributed by atoms with E-state index in [1.807, 2.05) is 0 Å². The summed E-state index contributed by atoms with van der Waals surface area (Å²) in [5.41, 5.74) is 1.60. The summed E-state index contributed by atoms with van der Waals surface area (Å²) in [6.07, 6.45) is 12.7. The number of aliphatic hydroxyl groups is 1. The third-order valence-electron chi connectivity index (χ3n) is 9.00. The topological polar surface area (TPSA) is 49.3 Å². The van der Waals surface area contributed by atoms with Gasteiger partial charge in [0.2, 0.25) is 5.91 Å². The lowest BCUT2D eigenvalue weighted by Crippen LogP contribution is -2.64. The van der Waals surface area contributed by atoms with Crippen molar-refractivity contribution in [2.45, 2.75) is 84.2 Å². The molecule has 0 aliphatic heterocycles. The maximum absolute atomic E-state index is 12.1. The minimum absolute atomic E-state index is 0.0360. The second-order valence-electron chi connectivity index (χ2n) is 10.0. The minimum atomic E-state index is -0.515. The molecule has 3 saturated carbocycles. The Morgan fingerprint density at radius 2 is 1.92 bits per heavy atom. The van der Waals surface area contributed by atoms with E-state index in [1.54, 1.807) is 6.92 Å². The molecule has 4 aliphatic carbocycles. The van der Waals surface area contributed by atoms with Crippen LogP contribution in [-0.4, -0.2) is 16.6 Å². The molecule has 4 aliphatic rings. The van der Waals surface area contributed by atoms with Gasteiger partial charge in [0.25, 0.3) is 0 Å². The summed E-state index contributed by atoms with van der Waals surface area (Å²) >= 11 is 0. The van der Waals surface area contributed by atoms with Crippen LogP contribution in [0.3, 0.4) is 0 Å². The van der Waals surface area contributed by atoms with Crippen LogP contribution in [-0.2, 0) is 4.79 Å². The number of fused-ring (bicyclic) bond motifs is 5. The molecule has 0 heterocycles. The lowest BCUT2D eigenvalue weighted by molar-refractivity contribution is -0.229. The Morgan fingerprint density at radius 1 is 1.15 bits per heavy atom. The molecule has 4 rings (SSSR count). The van der Waals surface area contributed by atoms with Gasteiger partial charge in [-0.05, 0) is 79.1 Å². The van der Waals surface area contributed by atoms with Gasteiger partial charge >= 0.3 is 0 Å². The van der Waals surface area contributed by atoms with E-state index in [0.29, 0.717) is 17.8 Å². The molecule has 0 spiro atoms. The largest absolute Gasteiger partial charge is 0.389 e. The van der Waals surface area contributed by atoms with Gasteiger partial charge in [0, 0.05) is 12.6 Å². The summed E-state index contributed by atoms with van der Waals surface area (Å²) in [6.45, 7) is 10.4. The molecule has 6 atom stereocenters. The van der Waals surface area contributed by atoms with Crippen LogP contribution < -0.4 is 5.32 Å². The van der Waals surface area contributed by atoms with Crippen molar-refractivity contribution in [2.75, 3.05) is 0 Å². The maximum Gasteiger partial charge on any atom is 0.221 e. The number of allylic oxidation sites excluding steroid dienone is 2. The molecule has 0 saturated heterocycles. The average molecular weight is 358 g/mol. The molecule has 0 aromatic rings. The number of amides is 1. The molecule has 0 aromatic heterocycles. The lowest BCUT2D eigenvalue weighted by Gasteiger charge is -2.65. The van der Waals surface area contributed by atoms with Gasteiger partial charge in [-0.25, -0.2) is 0 Å². The van der Waals surface area contributed by atoms with Crippen LogP contribution in [0, 0.1) is 28.6 Å². The fraction of sp³-hybridized carbons (Fsp3) is 0.783. The van der Waals surface area contributed by atoms with Gasteiger partial charge in [-0.2, -0.15) is 0 Å². The molecule has 2 N–H and O–H groups in total. The molecule has 26 heavy (non-hydrogen) atoms. The first-order valence-corrected chi connectivity index (χ1v) is 10.6. The van der Waals surface area contributed by atoms with Crippen LogP contribution >= 0.6 is 0 Å². The second kappa shape index (κ2) is 5.95. The number of carbonyl (C=O) groups is 1. The van der Waals surface area contributed by atoms with E-state index in [0.717, 1.165) is 31.4 Å². The molecule has 3 heteroatoms. The summed E-state index contributed by atoms with van der Waals surface area (Å²) in [5.74, 6) is 1.50. The Balaban J connectivity index is 1.64. The molecular weight excluding hydrogens is 322 g/mol. The number of rotatable bonds is 2. The summed E-state index contributed by atoms with van der Waals surface area (Å²) in [4.78, 5) is 11.5. The van der Waals surface area contributed by atoms with Crippen molar-refractivity contribution in [1.29, 1.82) is 0 Å². The summed E-state index contributed by atoms with van der Waals surface area (Å²) in [7, 11) is 0. The molecule has 144 valence electrons. The molecule has 1 unspecified atom stereocenters. The fourth-order valence-electron chi connectivity index (χ4n) is 7.55. The van der Waals surface area contributed by atoms with Crippen molar-refractivity contribution in [2.24, 2.45) is 28.6 Å². The van der Waals surface area contributed by atoms with Crippen molar-refractivity contribution in [3.8, 4) is 0 Å². The summed E-state index contributed by atoms with van der Waals surface area (Å²) in [5, 5.41) is 15.0. The van der Waals surface area contributed by atoms with Gasteiger partial charge in [0.15, 0.2) is 0 Å². The predicted molar refractivity (Wildman–Crippen MR) is 104 cm³/mol. The van der Waals surface area contributed by atoms with Gasteiger partial charge in [0.1, 0.15) is 0 Å². The van der Waals surface area contributed by atoms with Crippen molar-refractivity contribution in [1.82, 2.24) is 5.32 Å². The Labute approximate surface area is 158 Å². The third-order valence-corrected chi connectivity index (χ3v) is 9.00. The van der Waals surface area contributed by atoms with Crippen molar-refractivity contribution < 1.29 is 9.90 Å². The number of hydrogen-bond acceptors (Lipinski definition) is 2. The number of nitrogens with one attached hydrogen (secondary N) is 1. The third kappa shape index (κ3) is 2.32. The molecule has 1 amide bonds. The van der Waals surface area contributed by atoms with E-state index in [4.69, 9.17) is 0 Å². The Kier molecular flexibility index (Phi) is 4.19. The zero-order valence-electron chi connectivity index (χ0n) is 16.7. The van der Waals surface area contributed by atoms with Crippen LogP contribution in [0.4, 0.5) is 0 Å². The number of hydrogen-bond donors (Lipinski definition) is 2. The average Bonchev–Trinajstić information content (AvgIpc) is 2.92. The van der Waals surface area contributed by atoms with Crippen molar-refractivity contribution in [3.63, 3.8) is 0 Å². The Morgan fingerprint density at radius 3 is 2.65 bits per heavy atom. The highest BCUT2D eigenvalue weighted by molar-refractivity contribution is 5.76. The zero-order chi connectivity index (χ0) is 18.7. The van der Waals surface area contributed by atoms with Crippen LogP contribution in [0.2, 0.25) is 0 Å². The molecule has 0 aromatic carbocycles. The monoisotopic (exact) mass is 357 g/mol. The summed E-state index contributed by atoms with van der Waals surface area (Å²) < 4.78 is 0. The van der Waals surface area contributed by atoms with Crippen molar-refractivity contribution in [3.05, 3.63) is 23.9 Å². The van der Waals surface area contributed by atoms with Gasteiger partial charge in [-0.1, -0.05) is 39.3 Å². The van der Waals surface area contributed by atoms with Gasteiger partial charge in [-0.15, -0.1) is 0 Å². The maximum atomic E-state index is 12.1. The minimum Gasteiger partial charge on any atom is -0.389 e. The van der Waals surface area contributed by atoms with Gasteiger partial charge in [-0.3, -0.25) is 4.79 Å². The van der Waals surface area contributed by atoms with Crippen LogP contribution in [0.15, 0.2) is 23.9 Å². The zero-order valence-corrected chi connectivity index (χ0v) is 16.7. The van der Waals surface area contributed by atoms with Gasteiger partial charge in [0.05, 0.1) is 5.60 Å². The van der Waals surface area contributed by atoms with Crippen LogP contribution in [0.5, 0.6) is 0 Å². The van der Waals surface area contributed by atoms with Crippen molar-refractivity contribution >= 4 is 5.91 Å². The predicted octanol–water partition coefficient (Wildman–Crippen LogP) is 4.72. The highest BCUT2D eigenvalue weighted by Gasteiger charge is 2.65. The first-order chi connectivity index (χ1) is 12.2. The SMILES string of the molecule is C=C(NC(C)=O)C1=CC[C@H]2[C@@H]3CCC4CCCC[C@]4(C)[C@@]3(O)CC[C@]12C. The van der Waals surface area contributed by atoms with E-state index in [-0.39, 0.29) is 16.7 Å². The lowest BCUT2D eigenvalue weighted by atomic mass is 9.42. The van der Waals surface area contributed by atoms with Gasteiger partial charge < -0.3 is 10.4 Å².